The quantitative estimate of drug-likeness (QED) is 0.622. The molecule has 1 saturated carbocycles. The maximum Gasteiger partial charge on any atom is 0.163 e. The second-order valence-corrected chi connectivity index (χ2v) is 6.37. The molecule has 1 fully saturated rings. The second-order valence-electron chi connectivity index (χ2n) is 6.37. The van der Waals surface area contributed by atoms with E-state index in [1.807, 2.05) is 22.9 Å². The molecule has 0 bridgehead atoms. The van der Waals surface area contributed by atoms with Crippen molar-refractivity contribution >= 4 is 16.9 Å². The van der Waals surface area contributed by atoms with Crippen molar-refractivity contribution in [2.24, 2.45) is 0 Å². The van der Waals surface area contributed by atoms with Gasteiger partial charge in [0.05, 0.1) is 30.7 Å². The van der Waals surface area contributed by atoms with Gasteiger partial charge in [0, 0.05) is 0 Å². The molecular weight excluding hydrogens is 334 g/mol. The summed E-state index contributed by atoms with van der Waals surface area (Å²) in [6.45, 7) is 0.405. The maximum absolute atomic E-state index is 8.89. The van der Waals surface area contributed by atoms with E-state index in [-0.39, 0.29) is 25.5 Å². The molecule has 0 atom stereocenters. The van der Waals surface area contributed by atoms with Crippen molar-refractivity contribution in [2.45, 2.75) is 38.2 Å². The highest BCUT2D eigenvalue weighted by Gasteiger charge is 2.34. The first kappa shape index (κ1) is 16.9. The van der Waals surface area contributed by atoms with Crippen molar-refractivity contribution in [3.05, 3.63) is 47.9 Å². The van der Waals surface area contributed by atoms with Crippen LogP contribution in [0, 0.1) is 0 Å². The molecule has 1 aliphatic carbocycles. The van der Waals surface area contributed by atoms with E-state index in [0.29, 0.717) is 29.2 Å². The van der Waals surface area contributed by atoms with Gasteiger partial charge in [-0.2, -0.15) is 5.10 Å². The molecule has 0 amide bonds. The summed E-state index contributed by atoms with van der Waals surface area (Å²) in [6, 6.07) is 10.3. The number of fused-ring (bicyclic) bond motifs is 1. The normalized spacial score (nSPS) is 19.6. The van der Waals surface area contributed by atoms with Gasteiger partial charge in [-0.25, -0.2) is 14.6 Å². The predicted octanol–water partition coefficient (Wildman–Crippen LogP) is 1.80. The van der Waals surface area contributed by atoms with E-state index in [1.54, 1.807) is 0 Å². The Labute approximate surface area is 150 Å². The topological polar surface area (TPSA) is 108 Å². The van der Waals surface area contributed by atoms with Gasteiger partial charge in [-0.3, -0.25) is 0 Å². The first-order valence-electron chi connectivity index (χ1n) is 8.58. The van der Waals surface area contributed by atoms with Crippen LogP contribution in [0.25, 0.3) is 11.0 Å². The molecule has 2 heterocycles. The van der Waals surface area contributed by atoms with Crippen LogP contribution < -0.4 is 5.73 Å². The molecule has 3 aromatic rings. The minimum atomic E-state index is -0.374. The number of anilines is 1. The Morgan fingerprint density at radius 2 is 1.96 bits per heavy atom. The monoisotopic (exact) mass is 355 g/mol. The average Bonchev–Trinajstić information content (AvgIpc) is 2.99. The Bertz CT molecular complexity index is 877. The molecule has 136 valence electrons. The third kappa shape index (κ3) is 3.26. The summed E-state index contributed by atoms with van der Waals surface area (Å²) in [4.78, 5) is 8.38. The van der Waals surface area contributed by atoms with E-state index in [9.17, 15) is 0 Å². The summed E-state index contributed by atoms with van der Waals surface area (Å²) in [5.74, 6) is 0.369. The Morgan fingerprint density at radius 1 is 1.15 bits per heavy atom. The summed E-state index contributed by atoms with van der Waals surface area (Å²) in [6.07, 6.45) is 3.38. The number of nitrogens with two attached hydrogens (primary N) is 1. The van der Waals surface area contributed by atoms with Crippen molar-refractivity contribution in [3.63, 3.8) is 0 Å². The highest BCUT2D eigenvalue weighted by Crippen LogP contribution is 2.37. The van der Waals surface area contributed by atoms with Crippen molar-refractivity contribution in [2.75, 3.05) is 12.5 Å². The first-order chi connectivity index (χ1) is 12.8. The number of hydrogen-bond donors (Lipinski definition) is 2. The second kappa shape index (κ2) is 7.36. The highest BCUT2D eigenvalue weighted by atomic mass is 16.6. The fourth-order valence-corrected chi connectivity index (χ4v) is 3.23. The molecule has 8 nitrogen and oxygen atoms in total. The van der Waals surface area contributed by atoms with Crippen LogP contribution in [-0.2, 0) is 22.7 Å². The third-order valence-corrected chi connectivity index (χ3v) is 4.67. The maximum atomic E-state index is 8.89. The average molecular weight is 355 g/mol. The van der Waals surface area contributed by atoms with Crippen LogP contribution in [0.15, 0.2) is 36.7 Å². The van der Waals surface area contributed by atoms with Gasteiger partial charge in [-0.05, 0) is 18.4 Å². The summed E-state index contributed by atoms with van der Waals surface area (Å²) in [7, 11) is 0. The molecule has 0 spiro atoms. The molecule has 1 aromatic carbocycles. The van der Waals surface area contributed by atoms with Crippen LogP contribution in [0.4, 0.5) is 5.82 Å². The van der Waals surface area contributed by atoms with Gasteiger partial charge in [0.25, 0.3) is 0 Å². The van der Waals surface area contributed by atoms with E-state index in [0.717, 1.165) is 12.8 Å². The Hall–Kier alpha value is -2.55. The number of ether oxygens (including phenoxy) is 2. The van der Waals surface area contributed by atoms with Crippen molar-refractivity contribution in [1.29, 1.82) is 0 Å². The molecule has 0 aliphatic heterocycles. The van der Waals surface area contributed by atoms with Gasteiger partial charge in [-0.15, -0.1) is 0 Å². The largest absolute Gasteiger partial charge is 0.383 e. The van der Waals surface area contributed by atoms with Crippen LogP contribution in [0.1, 0.15) is 30.1 Å². The number of nitrogen functional groups attached to an aromatic ring is 1. The smallest absolute Gasteiger partial charge is 0.163 e. The SMILES string of the molecule is Nc1ncnc2c1c(COCO)nn2C1CC(OCc2ccccc2)C1. The van der Waals surface area contributed by atoms with Crippen LogP contribution in [0.2, 0.25) is 0 Å². The Kier molecular flexibility index (Phi) is 4.79. The van der Waals surface area contributed by atoms with Crippen LogP contribution in [0.5, 0.6) is 0 Å². The standard InChI is InChI=1S/C18H21N5O3/c19-17-16-15(9-25-11-24)22-23(18(16)21-10-20-17)13-6-14(7-13)26-8-12-4-2-1-3-5-12/h1-5,10,13-14,24H,6-9,11H2,(H2,19,20,21). The summed E-state index contributed by atoms with van der Waals surface area (Å²) < 4.78 is 12.9. The number of hydrogen-bond acceptors (Lipinski definition) is 7. The summed E-state index contributed by atoms with van der Waals surface area (Å²) in [5.41, 5.74) is 8.50. The zero-order valence-corrected chi connectivity index (χ0v) is 14.3. The molecule has 3 N–H and O–H groups in total. The lowest BCUT2D eigenvalue weighted by Crippen LogP contribution is -2.34. The van der Waals surface area contributed by atoms with Gasteiger partial charge in [0.2, 0.25) is 0 Å². The van der Waals surface area contributed by atoms with E-state index in [2.05, 4.69) is 27.2 Å². The molecular formula is C18H21N5O3. The van der Waals surface area contributed by atoms with Gasteiger partial charge < -0.3 is 20.3 Å². The number of rotatable bonds is 7. The highest BCUT2D eigenvalue weighted by molar-refractivity contribution is 5.88. The van der Waals surface area contributed by atoms with Crippen molar-refractivity contribution < 1.29 is 14.6 Å². The Balaban J connectivity index is 1.45. The molecule has 0 saturated heterocycles. The number of aromatic nitrogens is 4. The lowest BCUT2D eigenvalue weighted by atomic mass is 9.89. The number of nitrogens with zero attached hydrogens (tertiary/aromatic N) is 4. The molecule has 1 aliphatic rings. The van der Waals surface area contributed by atoms with E-state index in [1.165, 1.54) is 11.9 Å². The number of aliphatic hydroxyl groups is 1. The minimum absolute atomic E-state index is 0.165. The molecule has 0 radical (unpaired) electrons. The summed E-state index contributed by atoms with van der Waals surface area (Å²) >= 11 is 0. The number of benzene rings is 1. The first-order valence-corrected chi connectivity index (χ1v) is 8.58. The Morgan fingerprint density at radius 3 is 2.73 bits per heavy atom. The lowest BCUT2D eigenvalue weighted by Gasteiger charge is -2.35. The van der Waals surface area contributed by atoms with Crippen LogP contribution in [0.3, 0.4) is 0 Å². The predicted molar refractivity (Wildman–Crippen MR) is 94.9 cm³/mol. The lowest BCUT2D eigenvalue weighted by molar-refractivity contribution is -0.0381. The molecule has 4 rings (SSSR count). The molecule has 26 heavy (non-hydrogen) atoms. The molecule has 0 unspecified atom stereocenters. The fourth-order valence-electron chi connectivity index (χ4n) is 3.23. The fraction of sp³-hybridized carbons (Fsp3) is 0.389. The molecule has 2 aromatic heterocycles. The zero-order valence-electron chi connectivity index (χ0n) is 14.3. The van der Waals surface area contributed by atoms with Crippen LogP contribution >= 0.6 is 0 Å². The molecule has 8 heteroatoms. The van der Waals surface area contributed by atoms with Gasteiger partial charge in [-0.1, -0.05) is 30.3 Å². The van der Waals surface area contributed by atoms with Crippen molar-refractivity contribution in [3.8, 4) is 0 Å². The minimum Gasteiger partial charge on any atom is -0.383 e. The van der Waals surface area contributed by atoms with Crippen LogP contribution in [-0.4, -0.2) is 37.8 Å². The number of aliphatic hydroxyl groups excluding tert-OH is 1. The van der Waals surface area contributed by atoms with Gasteiger partial charge in [0.1, 0.15) is 24.6 Å². The van der Waals surface area contributed by atoms with Crippen molar-refractivity contribution in [1.82, 2.24) is 19.7 Å². The third-order valence-electron chi connectivity index (χ3n) is 4.67. The van der Waals surface area contributed by atoms with E-state index >= 15 is 0 Å². The van der Waals surface area contributed by atoms with Gasteiger partial charge in [0.15, 0.2) is 5.65 Å². The zero-order chi connectivity index (χ0) is 17.9. The van der Waals surface area contributed by atoms with Gasteiger partial charge >= 0.3 is 0 Å². The summed E-state index contributed by atoms with van der Waals surface area (Å²) in [5, 5.41) is 14.2. The van der Waals surface area contributed by atoms with E-state index < -0.39 is 0 Å². The van der Waals surface area contributed by atoms with E-state index in [4.69, 9.17) is 20.3 Å².